The van der Waals surface area contributed by atoms with Gasteiger partial charge >= 0.3 is 6.09 Å². The SMILES string of the molecule is O=C[C@@H]1CN(C(=O)OCc2ccccc2)C[C@@H]1F. The zero-order valence-electron chi connectivity index (χ0n) is 9.79. The topological polar surface area (TPSA) is 46.6 Å². The molecule has 2 rings (SSSR count). The molecule has 96 valence electrons. The molecular formula is C13H14FNO3. The number of likely N-dealkylation sites (tertiary alicyclic amines) is 1. The third-order valence-electron chi connectivity index (χ3n) is 2.93. The van der Waals surface area contributed by atoms with E-state index in [0.29, 0.717) is 6.29 Å². The van der Waals surface area contributed by atoms with E-state index >= 15 is 0 Å². The van der Waals surface area contributed by atoms with Crippen LogP contribution < -0.4 is 0 Å². The van der Waals surface area contributed by atoms with Crippen LogP contribution in [0.2, 0.25) is 0 Å². The van der Waals surface area contributed by atoms with E-state index in [-0.39, 0.29) is 19.7 Å². The fourth-order valence-corrected chi connectivity index (χ4v) is 1.88. The lowest BCUT2D eigenvalue weighted by Crippen LogP contribution is -2.29. The first-order chi connectivity index (χ1) is 8.70. The van der Waals surface area contributed by atoms with Crippen LogP contribution in [0.1, 0.15) is 5.56 Å². The number of halogens is 1. The fraction of sp³-hybridized carbons (Fsp3) is 0.385. The van der Waals surface area contributed by atoms with Gasteiger partial charge in [0.25, 0.3) is 0 Å². The molecule has 1 aliphatic heterocycles. The Hall–Kier alpha value is -1.91. The maximum absolute atomic E-state index is 13.3. The minimum Gasteiger partial charge on any atom is -0.445 e. The van der Waals surface area contributed by atoms with Gasteiger partial charge in [-0.05, 0) is 5.56 Å². The van der Waals surface area contributed by atoms with E-state index in [4.69, 9.17) is 4.74 Å². The van der Waals surface area contributed by atoms with Gasteiger partial charge in [-0.25, -0.2) is 9.18 Å². The Morgan fingerprint density at radius 1 is 1.39 bits per heavy atom. The Morgan fingerprint density at radius 3 is 2.72 bits per heavy atom. The molecular weight excluding hydrogens is 237 g/mol. The second-order valence-electron chi connectivity index (χ2n) is 4.26. The van der Waals surface area contributed by atoms with E-state index in [1.807, 2.05) is 30.3 Å². The Kier molecular flexibility index (Phi) is 3.92. The number of hydrogen-bond donors (Lipinski definition) is 0. The Labute approximate surface area is 104 Å². The highest BCUT2D eigenvalue weighted by atomic mass is 19.1. The molecule has 0 aromatic heterocycles. The second-order valence-corrected chi connectivity index (χ2v) is 4.26. The average molecular weight is 251 g/mol. The zero-order valence-corrected chi connectivity index (χ0v) is 9.79. The Balaban J connectivity index is 1.84. The third-order valence-corrected chi connectivity index (χ3v) is 2.93. The van der Waals surface area contributed by atoms with E-state index in [1.54, 1.807) is 0 Å². The number of rotatable bonds is 3. The van der Waals surface area contributed by atoms with Crippen molar-refractivity contribution >= 4 is 12.4 Å². The van der Waals surface area contributed by atoms with Crippen molar-refractivity contribution in [1.82, 2.24) is 4.90 Å². The van der Waals surface area contributed by atoms with Crippen LogP contribution in [-0.4, -0.2) is 36.5 Å². The van der Waals surface area contributed by atoms with Gasteiger partial charge in [0, 0.05) is 6.54 Å². The molecule has 0 unspecified atom stereocenters. The first kappa shape index (κ1) is 12.5. The number of alkyl halides is 1. The van der Waals surface area contributed by atoms with Crippen LogP contribution in [0.25, 0.3) is 0 Å². The standard InChI is InChI=1S/C13H14FNO3/c14-12-7-15(6-11(12)8-16)13(17)18-9-10-4-2-1-3-5-10/h1-5,8,11-12H,6-7,9H2/t11-,12-/m0/s1. The normalized spacial score (nSPS) is 22.8. The van der Waals surface area contributed by atoms with E-state index in [9.17, 15) is 14.0 Å². The summed E-state index contributed by atoms with van der Waals surface area (Å²) in [5.41, 5.74) is 0.869. The van der Waals surface area contributed by atoms with Crippen LogP contribution in [0, 0.1) is 5.92 Å². The van der Waals surface area contributed by atoms with Crippen molar-refractivity contribution < 1.29 is 18.7 Å². The Morgan fingerprint density at radius 2 is 2.11 bits per heavy atom. The number of carbonyl (C=O) groups is 2. The highest BCUT2D eigenvalue weighted by Crippen LogP contribution is 2.19. The highest BCUT2D eigenvalue weighted by Gasteiger charge is 2.35. The predicted octanol–water partition coefficient (Wildman–Crippen LogP) is 1.79. The van der Waals surface area contributed by atoms with E-state index in [1.165, 1.54) is 4.90 Å². The molecule has 1 aromatic carbocycles. The summed E-state index contributed by atoms with van der Waals surface area (Å²) in [5, 5.41) is 0. The molecule has 5 heteroatoms. The zero-order chi connectivity index (χ0) is 13.0. The third kappa shape index (κ3) is 2.85. The van der Waals surface area contributed by atoms with Crippen molar-refractivity contribution in [2.24, 2.45) is 5.92 Å². The molecule has 1 heterocycles. The van der Waals surface area contributed by atoms with Crippen molar-refractivity contribution in [3.05, 3.63) is 35.9 Å². The molecule has 4 nitrogen and oxygen atoms in total. The van der Waals surface area contributed by atoms with Gasteiger partial charge < -0.3 is 14.4 Å². The first-order valence-corrected chi connectivity index (χ1v) is 5.75. The van der Waals surface area contributed by atoms with Crippen LogP contribution in [0.3, 0.4) is 0 Å². The van der Waals surface area contributed by atoms with Crippen LogP contribution >= 0.6 is 0 Å². The molecule has 0 bridgehead atoms. The molecule has 2 atom stereocenters. The molecule has 0 N–H and O–H groups in total. The van der Waals surface area contributed by atoms with Gasteiger partial charge in [-0.1, -0.05) is 30.3 Å². The number of ether oxygens (including phenoxy) is 1. The van der Waals surface area contributed by atoms with Crippen LogP contribution in [0.5, 0.6) is 0 Å². The van der Waals surface area contributed by atoms with Gasteiger partial charge in [0.05, 0.1) is 12.5 Å². The minimum absolute atomic E-state index is 0.0724. The van der Waals surface area contributed by atoms with Gasteiger partial charge in [0.1, 0.15) is 19.1 Å². The summed E-state index contributed by atoms with van der Waals surface area (Å²) in [6, 6.07) is 9.24. The maximum atomic E-state index is 13.3. The molecule has 1 saturated heterocycles. The summed E-state index contributed by atoms with van der Waals surface area (Å²) in [7, 11) is 0. The number of carbonyl (C=O) groups excluding carboxylic acids is 2. The number of benzene rings is 1. The average Bonchev–Trinajstić information content (AvgIpc) is 2.78. The maximum Gasteiger partial charge on any atom is 0.410 e. The van der Waals surface area contributed by atoms with E-state index in [0.717, 1.165) is 5.56 Å². The lowest BCUT2D eigenvalue weighted by Gasteiger charge is -2.15. The number of amides is 1. The van der Waals surface area contributed by atoms with Crippen molar-refractivity contribution in [3.63, 3.8) is 0 Å². The summed E-state index contributed by atoms with van der Waals surface area (Å²) in [6.45, 7) is 0.175. The van der Waals surface area contributed by atoms with Gasteiger partial charge in [-0.2, -0.15) is 0 Å². The molecule has 0 aliphatic carbocycles. The van der Waals surface area contributed by atoms with Crippen LogP contribution in [0.15, 0.2) is 30.3 Å². The number of hydrogen-bond acceptors (Lipinski definition) is 3. The molecule has 18 heavy (non-hydrogen) atoms. The second kappa shape index (κ2) is 5.62. The number of aldehydes is 1. The lowest BCUT2D eigenvalue weighted by atomic mass is 10.1. The molecule has 0 radical (unpaired) electrons. The van der Waals surface area contributed by atoms with Crippen molar-refractivity contribution in [2.45, 2.75) is 12.8 Å². The fourth-order valence-electron chi connectivity index (χ4n) is 1.88. The van der Waals surface area contributed by atoms with Gasteiger partial charge in [0.2, 0.25) is 0 Å². The van der Waals surface area contributed by atoms with Crippen molar-refractivity contribution in [2.75, 3.05) is 13.1 Å². The molecule has 1 aromatic rings. The smallest absolute Gasteiger partial charge is 0.410 e. The van der Waals surface area contributed by atoms with Crippen LogP contribution in [0.4, 0.5) is 9.18 Å². The molecule has 0 spiro atoms. The summed E-state index contributed by atoms with van der Waals surface area (Å²) >= 11 is 0. The molecule has 1 amide bonds. The molecule has 1 aliphatic rings. The highest BCUT2D eigenvalue weighted by molar-refractivity contribution is 5.69. The molecule has 0 saturated carbocycles. The predicted molar refractivity (Wildman–Crippen MR) is 62.7 cm³/mol. The van der Waals surface area contributed by atoms with Crippen LogP contribution in [-0.2, 0) is 16.1 Å². The van der Waals surface area contributed by atoms with Crippen molar-refractivity contribution in [1.29, 1.82) is 0 Å². The monoisotopic (exact) mass is 251 g/mol. The largest absolute Gasteiger partial charge is 0.445 e. The summed E-state index contributed by atoms with van der Waals surface area (Å²) < 4.78 is 18.3. The minimum atomic E-state index is -1.29. The summed E-state index contributed by atoms with van der Waals surface area (Å²) in [6.07, 6.45) is -1.31. The summed E-state index contributed by atoms with van der Waals surface area (Å²) in [4.78, 5) is 23.4. The molecule has 1 fully saturated rings. The van der Waals surface area contributed by atoms with E-state index < -0.39 is 18.2 Å². The van der Waals surface area contributed by atoms with Gasteiger partial charge in [0.15, 0.2) is 0 Å². The quantitative estimate of drug-likeness (QED) is 0.769. The lowest BCUT2D eigenvalue weighted by molar-refractivity contribution is -0.111. The van der Waals surface area contributed by atoms with Gasteiger partial charge in [-0.3, -0.25) is 0 Å². The van der Waals surface area contributed by atoms with Gasteiger partial charge in [-0.15, -0.1) is 0 Å². The van der Waals surface area contributed by atoms with Crippen molar-refractivity contribution in [3.8, 4) is 0 Å². The van der Waals surface area contributed by atoms with E-state index in [2.05, 4.69) is 0 Å². The summed E-state index contributed by atoms with van der Waals surface area (Å²) in [5.74, 6) is -0.728. The first-order valence-electron chi connectivity index (χ1n) is 5.75. The number of nitrogens with zero attached hydrogens (tertiary/aromatic N) is 1. The Bertz CT molecular complexity index is 424.